The average molecular weight is 428 g/mol. The Labute approximate surface area is 155 Å². The molecule has 0 N–H and O–H groups in total. The molecule has 0 aromatic heterocycles. The molecule has 1 atom stereocenters. The van der Waals surface area contributed by atoms with Gasteiger partial charge < -0.3 is 4.74 Å². The van der Waals surface area contributed by atoms with E-state index in [1.54, 1.807) is 34.3 Å². The van der Waals surface area contributed by atoms with E-state index in [0.717, 1.165) is 11.3 Å². The molecule has 128 valence electrons. The highest BCUT2D eigenvalue weighted by atomic mass is 79.9. The van der Waals surface area contributed by atoms with Crippen LogP contribution in [-0.4, -0.2) is 31.6 Å². The summed E-state index contributed by atoms with van der Waals surface area (Å²) in [7, 11) is -3.65. The lowest BCUT2D eigenvalue weighted by molar-refractivity contribution is 0.329. The molecule has 24 heavy (non-hydrogen) atoms. The summed E-state index contributed by atoms with van der Waals surface area (Å²) in [5.41, 5.74) is 0.997. The van der Waals surface area contributed by atoms with Crippen molar-refractivity contribution in [2.45, 2.75) is 17.2 Å². The standard InChI is InChI=1S/C17H18BrNO3S2/c1-2-22-15-9-8-14(18)12-16(15)24(20,21)19-10-11-23-17(19)13-6-4-3-5-7-13/h3-9,12,17H,2,10-11H2,1H3. The van der Waals surface area contributed by atoms with E-state index in [9.17, 15) is 8.42 Å². The summed E-state index contributed by atoms with van der Waals surface area (Å²) in [5.74, 6) is 1.17. The van der Waals surface area contributed by atoms with Gasteiger partial charge in [0.05, 0.1) is 12.0 Å². The van der Waals surface area contributed by atoms with Gasteiger partial charge in [-0.25, -0.2) is 8.42 Å². The molecule has 1 saturated heterocycles. The average Bonchev–Trinajstić information content (AvgIpc) is 3.08. The van der Waals surface area contributed by atoms with Gasteiger partial charge in [0.15, 0.2) is 0 Å². The van der Waals surface area contributed by atoms with E-state index in [0.29, 0.717) is 23.4 Å². The van der Waals surface area contributed by atoms with Crippen molar-refractivity contribution in [3.05, 3.63) is 58.6 Å². The lowest BCUT2D eigenvalue weighted by atomic mass is 10.2. The Morgan fingerprint density at radius 1 is 1.25 bits per heavy atom. The number of benzene rings is 2. The van der Waals surface area contributed by atoms with Crippen LogP contribution >= 0.6 is 27.7 Å². The van der Waals surface area contributed by atoms with Gasteiger partial charge >= 0.3 is 0 Å². The quantitative estimate of drug-likeness (QED) is 0.713. The summed E-state index contributed by atoms with van der Waals surface area (Å²) in [6.45, 7) is 2.75. The SMILES string of the molecule is CCOc1ccc(Br)cc1S(=O)(=O)N1CCSC1c1ccccc1. The molecule has 1 aliphatic heterocycles. The van der Waals surface area contributed by atoms with Crippen LogP contribution in [0, 0.1) is 0 Å². The molecule has 0 radical (unpaired) electrons. The van der Waals surface area contributed by atoms with Gasteiger partial charge in [-0.05, 0) is 30.7 Å². The third-order valence-corrected chi connectivity index (χ3v) is 7.50. The number of sulfonamides is 1. The molecule has 2 aromatic carbocycles. The summed E-state index contributed by atoms with van der Waals surface area (Å²) >= 11 is 5.01. The molecule has 3 rings (SSSR count). The smallest absolute Gasteiger partial charge is 0.248 e. The highest BCUT2D eigenvalue weighted by molar-refractivity contribution is 9.10. The minimum atomic E-state index is -3.65. The van der Waals surface area contributed by atoms with Crippen molar-refractivity contribution in [2.24, 2.45) is 0 Å². The highest BCUT2D eigenvalue weighted by Crippen LogP contribution is 2.43. The zero-order chi connectivity index (χ0) is 17.2. The summed E-state index contributed by atoms with van der Waals surface area (Å²) in [6, 6.07) is 14.8. The second kappa shape index (κ2) is 7.47. The number of hydrogen-bond donors (Lipinski definition) is 0. The maximum absolute atomic E-state index is 13.3. The maximum Gasteiger partial charge on any atom is 0.248 e. The minimum Gasteiger partial charge on any atom is -0.492 e. The molecule has 1 heterocycles. The van der Waals surface area contributed by atoms with Crippen molar-refractivity contribution in [1.29, 1.82) is 0 Å². The van der Waals surface area contributed by atoms with Crippen molar-refractivity contribution >= 4 is 37.7 Å². The Morgan fingerprint density at radius 2 is 2.00 bits per heavy atom. The Hall–Kier alpha value is -1.02. The van der Waals surface area contributed by atoms with Crippen LogP contribution in [0.1, 0.15) is 17.9 Å². The van der Waals surface area contributed by atoms with Gasteiger partial charge in [0.2, 0.25) is 10.0 Å². The first-order valence-corrected chi connectivity index (χ1v) is 10.9. The number of nitrogens with zero attached hydrogens (tertiary/aromatic N) is 1. The van der Waals surface area contributed by atoms with Gasteiger partial charge in [0, 0.05) is 16.8 Å². The molecule has 7 heteroatoms. The van der Waals surface area contributed by atoms with Gasteiger partial charge in [-0.15, -0.1) is 11.8 Å². The molecule has 0 bridgehead atoms. The number of ether oxygens (including phenoxy) is 1. The van der Waals surface area contributed by atoms with Crippen molar-refractivity contribution in [2.75, 3.05) is 18.9 Å². The number of thioether (sulfide) groups is 1. The topological polar surface area (TPSA) is 46.6 Å². The summed E-state index contributed by atoms with van der Waals surface area (Å²) in [5, 5.41) is -0.204. The normalized spacial score (nSPS) is 18.7. The third kappa shape index (κ3) is 3.49. The van der Waals surface area contributed by atoms with Crippen molar-refractivity contribution < 1.29 is 13.2 Å². The van der Waals surface area contributed by atoms with Crippen LogP contribution in [0.5, 0.6) is 5.75 Å². The molecular formula is C17H18BrNO3S2. The molecule has 0 spiro atoms. The zero-order valence-corrected chi connectivity index (χ0v) is 16.4. The Kier molecular flexibility index (Phi) is 5.54. The van der Waals surface area contributed by atoms with Crippen LogP contribution in [0.3, 0.4) is 0 Å². The molecule has 1 aliphatic rings. The molecule has 1 fully saturated rings. The van der Waals surface area contributed by atoms with Gasteiger partial charge in [-0.3, -0.25) is 0 Å². The van der Waals surface area contributed by atoms with Crippen molar-refractivity contribution in [3.63, 3.8) is 0 Å². The van der Waals surface area contributed by atoms with Crippen molar-refractivity contribution in [1.82, 2.24) is 4.31 Å². The molecule has 0 amide bonds. The zero-order valence-electron chi connectivity index (χ0n) is 13.2. The van der Waals surface area contributed by atoms with E-state index in [1.807, 2.05) is 37.3 Å². The van der Waals surface area contributed by atoms with E-state index in [2.05, 4.69) is 15.9 Å². The molecule has 2 aromatic rings. The van der Waals surface area contributed by atoms with Crippen LogP contribution in [0.25, 0.3) is 0 Å². The summed E-state index contributed by atoms with van der Waals surface area (Å²) in [6.07, 6.45) is 0. The van der Waals surface area contributed by atoms with Gasteiger partial charge in [-0.2, -0.15) is 4.31 Å². The van der Waals surface area contributed by atoms with Crippen molar-refractivity contribution in [3.8, 4) is 5.75 Å². The number of halogens is 1. The fourth-order valence-corrected chi connectivity index (χ4v) is 6.58. The lowest BCUT2D eigenvalue weighted by Crippen LogP contribution is -2.31. The van der Waals surface area contributed by atoms with Crippen LogP contribution in [0.4, 0.5) is 0 Å². The van der Waals surface area contributed by atoms with E-state index in [-0.39, 0.29) is 10.3 Å². The van der Waals surface area contributed by atoms with E-state index >= 15 is 0 Å². The van der Waals surface area contributed by atoms with Crippen LogP contribution < -0.4 is 4.74 Å². The Balaban J connectivity index is 2.03. The molecule has 0 saturated carbocycles. The largest absolute Gasteiger partial charge is 0.492 e. The number of rotatable bonds is 5. The predicted molar refractivity (Wildman–Crippen MR) is 101 cm³/mol. The van der Waals surface area contributed by atoms with E-state index in [4.69, 9.17) is 4.74 Å². The lowest BCUT2D eigenvalue weighted by Gasteiger charge is -2.24. The fraction of sp³-hybridized carbons (Fsp3) is 0.294. The van der Waals surface area contributed by atoms with Crippen LogP contribution in [-0.2, 0) is 10.0 Å². The monoisotopic (exact) mass is 427 g/mol. The van der Waals surface area contributed by atoms with Gasteiger partial charge in [0.1, 0.15) is 10.6 Å². The van der Waals surface area contributed by atoms with Gasteiger partial charge in [0.25, 0.3) is 0 Å². The molecule has 4 nitrogen and oxygen atoms in total. The predicted octanol–water partition coefficient (Wildman–Crippen LogP) is 4.28. The first-order chi connectivity index (χ1) is 11.5. The van der Waals surface area contributed by atoms with E-state index in [1.165, 1.54) is 0 Å². The van der Waals surface area contributed by atoms with Crippen LogP contribution in [0.2, 0.25) is 0 Å². The second-order valence-electron chi connectivity index (χ2n) is 5.27. The maximum atomic E-state index is 13.3. The van der Waals surface area contributed by atoms with Gasteiger partial charge in [-0.1, -0.05) is 46.3 Å². The first kappa shape index (κ1) is 17.8. The molecular weight excluding hydrogens is 410 g/mol. The Bertz CT molecular complexity index is 812. The fourth-order valence-electron chi connectivity index (χ4n) is 2.67. The first-order valence-electron chi connectivity index (χ1n) is 7.65. The number of hydrogen-bond acceptors (Lipinski definition) is 4. The highest BCUT2D eigenvalue weighted by Gasteiger charge is 2.38. The minimum absolute atomic E-state index is 0.204. The Morgan fingerprint density at radius 3 is 2.71 bits per heavy atom. The second-order valence-corrected chi connectivity index (χ2v) is 9.24. The van der Waals surface area contributed by atoms with Crippen LogP contribution in [0.15, 0.2) is 57.9 Å². The van der Waals surface area contributed by atoms with E-state index < -0.39 is 10.0 Å². The third-order valence-electron chi connectivity index (χ3n) is 3.73. The molecule has 0 aliphatic carbocycles. The summed E-state index contributed by atoms with van der Waals surface area (Å²) < 4.78 is 34.4. The molecule has 1 unspecified atom stereocenters. The summed E-state index contributed by atoms with van der Waals surface area (Å²) in [4.78, 5) is 0.210.